The Morgan fingerprint density at radius 3 is 1.90 bits per heavy atom. The molecule has 1 aliphatic rings. The molecule has 3 rings (SSSR count). The fourth-order valence-electron chi connectivity index (χ4n) is 2.55. The summed E-state index contributed by atoms with van der Waals surface area (Å²) in [6, 6.07) is 15.9. The molecule has 0 fully saturated rings. The first-order valence-electron chi connectivity index (χ1n) is 6.77. The zero-order valence-corrected chi connectivity index (χ0v) is 11.7. The smallest absolute Gasteiger partial charge is 0.194 e. The summed E-state index contributed by atoms with van der Waals surface area (Å²) in [6.45, 7) is 4.06. The van der Waals surface area contributed by atoms with Gasteiger partial charge in [0, 0.05) is 11.1 Å². The van der Waals surface area contributed by atoms with Gasteiger partial charge >= 0.3 is 0 Å². The topological polar surface area (TPSA) is 17.1 Å². The van der Waals surface area contributed by atoms with Crippen molar-refractivity contribution in [1.82, 2.24) is 0 Å². The molecule has 0 saturated heterocycles. The van der Waals surface area contributed by atoms with Crippen molar-refractivity contribution in [3.8, 4) is 11.1 Å². The van der Waals surface area contributed by atoms with Crippen molar-refractivity contribution < 1.29 is 4.79 Å². The predicted octanol–water partition coefficient (Wildman–Crippen LogP) is 4.90. The van der Waals surface area contributed by atoms with Crippen molar-refractivity contribution in [3.05, 3.63) is 77.4 Å². The van der Waals surface area contributed by atoms with Crippen LogP contribution in [0.1, 0.15) is 29.8 Å². The molecule has 0 atom stereocenters. The lowest BCUT2D eigenvalue weighted by atomic mass is 9.81. The van der Waals surface area contributed by atoms with Crippen LogP contribution in [0.5, 0.6) is 0 Å². The van der Waals surface area contributed by atoms with Crippen LogP contribution in [-0.2, 0) is 0 Å². The van der Waals surface area contributed by atoms with E-state index >= 15 is 0 Å². The minimum atomic E-state index is 0.108. The summed E-state index contributed by atoms with van der Waals surface area (Å²) < 4.78 is 0. The van der Waals surface area contributed by atoms with Crippen LogP contribution in [0.3, 0.4) is 0 Å². The molecule has 0 unspecified atom stereocenters. The number of hydrogen-bond donors (Lipinski definition) is 0. The molecule has 0 aromatic heterocycles. The van der Waals surface area contributed by atoms with Crippen molar-refractivity contribution >= 4 is 11.4 Å². The maximum Gasteiger partial charge on any atom is 0.194 e. The SMILES string of the molecule is CC(C)=C/C=C1/C(=O)c2ccccc2-c2ccccc21. The van der Waals surface area contributed by atoms with Gasteiger partial charge in [0.15, 0.2) is 5.78 Å². The number of ketones is 1. The average Bonchev–Trinajstić information content (AvgIpc) is 2.47. The minimum absolute atomic E-state index is 0.108. The molecule has 0 bridgehead atoms. The molecule has 0 saturated carbocycles. The summed E-state index contributed by atoms with van der Waals surface area (Å²) in [6.07, 6.45) is 3.93. The van der Waals surface area contributed by atoms with Gasteiger partial charge in [0.05, 0.1) is 0 Å². The van der Waals surface area contributed by atoms with E-state index in [0.717, 1.165) is 27.8 Å². The largest absolute Gasteiger partial charge is 0.289 e. The standard InChI is InChI=1S/C19H16O/c1-13(2)11-12-18-16-9-4-3-7-14(16)15-8-5-6-10-17(15)19(18)20/h3-12H,1-2H3/b18-12+. The summed E-state index contributed by atoms with van der Waals surface area (Å²) in [7, 11) is 0. The molecule has 0 radical (unpaired) electrons. The summed E-state index contributed by atoms with van der Waals surface area (Å²) >= 11 is 0. The second-order valence-corrected chi connectivity index (χ2v) is 5.24. The third-order valence-corrected chi connectivity index (χ3v) is 3.51. The summed E-state index contributed by atoms with van der Waals surface area (Å²) in [5, 5.41) is 0. The second kappa shape index (κ2) is 4.93. The number of rotatable bonds is 1. The van der Waals surface area contributed by atoms with Crippen LogP contribution in [0.25, 0.3) is 16.7 Å². The van der Waals surface area contributed by atoms with Crippen LogP contribution in [0.15, 0.2) is 66.3 Å². The fraction of sp³-hybridized carbons (Fsp3) is 0.105. The zero-order valence-electron chi connectivity index (χ0n) is 11.7. The molecule has 1 heteroatoms. The molecule has 98 valence electrons. The Bertz CT molecular complexity index is 744. The van der Waals surface area contributed by atoms with Crippen molar-refractivity contribution in [2.24, 2.45) is 0 Å². The van der Waals surface area contributed by atoms with Gasteiger partial charge in [0.2, 0.25) is 0 Å². The third kappa shape index (κ3) is 2.01. The van der Waals surface area contributed by atoms with Crippen molar-refractivity contribution in [2.45, 2.75) is 13.8 Å². The molecule has 20 heavy (non-hydrogen) atoms. The van der Waals surface area contributed by atoms with Crippen LogP contribution >= 0.6 is 0 Å². The highest BCUT2D eigenvalue weighted by Crippen LogP contribution is 2.38. The molecule has 0 spiro atoms. The number of carbonyl (C=O) groups excluding carboxylic acids is 1. The van der Waals surface area contributed by atoms with E-state index in [9.17, 15) is 4.79 Å². The van der Waals surface area contributed by atoms with E-state index in [1.165, 1.54) is 5.57 Å². The number of hydrogen-bond acceptors (Lipinski definition) is 1. The van der Waals surface area contributed by atoms with E-state index < -0.39 is 0 Å². The van der Waals surface area contributed by atoms with Crippen LogP contribution in [0, 0.1) is 0 Å². The van der Waals surface area contributed by atoms with Crippen molar-refractivity contribution in [3.63, 3.8) is 0 Å². The molecule has 0 N–H and O–H groups in total. The molecular formula is C19H16O. The average molecular weight is 260 g/mol. The summed E-state index contributed by atoms with van der Waals surface area (Å²) in [5.74, 6) is 0.108. The first kappa shape index (κ1) is 12.6. The fourth-order valence-corrected chi connectivity index (χ4v) is 2.55. The Kier molecular flexibility index (Phi) is 3.11. The Hall–Kier alpha value is -2.41. The maximum absolute atomic E-state index is 12.7. The van der Waals surface area contributed by atoms with Gasteiger partial charge in [0.1, 0.15) is 0 Å². The van der Waals surface area contributed by atoms with E-state index in [4.69, 9.17) is 0 Å². The zero-order chi connectivity index (χ0) is 14.1. The number of carbonyl (C=O) groups is 1. The Balaban J connectivity index is 2.29. The van der Waals surface area contributed by atoms with E-state index in [-0.39, 0.29) is 5.78 Å². The molecular weight excluding hydrogens is 244 g/mol. The minimum Gasteiger partial charge on any atom is -0.289 e. The maximum atomic E-state index is 12.7. The molecule has 1 aliphatic carbocycles. The van der Waals surface area contributed by atoms with Crippen LogP contribution < -0.4 is 0 Å². The van der Waals surface area contributed by atoms with E-state index in [0.29, 0.717) is 0 Å². The normalized spacial score (nSPS) is 14.7. The Labute approximate surface area is 119 Å². The quantitative estimate of drug-likeness (QED) is 0.666. The predicted molar refractivity (Wildman–Crippen MR) is 83.6 cm³/mol. The summed E-state index contributed by atoms with van der Waals surface area (Å²) in [5.41, 5.74) is 5.94. The highest BCUT2D eigenvalue weighted by Gasteiger charge is 2.25. The van der Waals surface area contributed by atoms with Gasteiger partial charge in [0.25, 0.3) is 0 Å². The van der Waals surface area contributed by atoms with Gasteiger partial charge in [-0.25, -0.2) is 0 Å². The molecule has 2 aromatic carbocycles. The van der Waals surface area contributed by atoms with E-state index in [1.54, 1.807) is 0 Å². The number of Topliss-reactive ketones (excluding diaryl/α,β-unsaturated/α-hetero) is 1. The number of fused-ring (bicyclic) bond motifs is 3. The lowest BCUT2D eigenvalue weighted by Crippen LogP contribution is -2.11. The van der Waals surface area contributed by atoms with Crippen molar-refractivity contribution in [1.29, 1.82) is 0 Å². The molecule has 0 heterocycles. The van der Waals surface area contributed by atoms with E-state index in [2.05, 4.69) is 6.07 Å². The van der Waals surface area contributed by atoms with Gasteiger partial charge < -0.3 is 0 Å². The number of allylic oxidation sites excluding steroid dienone is 4. The highest BCUT2D eigenvalue weighted by molar-refractivity contribution is 6.34. The first-order valence-corrected chi connectivity index (χ1v) is 6.77. The molecule has 1 nitrogen and oxygen atoms in total. The highest BCUT2D eigenvalue weighted by atomic mass is 16.1. The van der Waals surface area contributed by atoms with Crippen LogP contribution in [0.4, 0.5) is 0 Å². The van der Waals surface area contributed by atoms with Gasteiger partial charge in [-0.3, -0.25) is 4.79 Å². The van der Waals surface area contributed by atoms with Gasteiger partial charge in [-0.1, -0.05) is 66.3 Å². The lowest BCUT2D eigenvalue weighted by molar-refractivity contribution is 0.105. The summed E-state index contributed by atoms with van der Waals surface area (Å²) in [4.78, 5) is 12.7. The monoisotopic (exact) mass is 260 g/mol. The molecule has 0 amide bonds. The van der Waals surface area contributed by atoms with Crippen LogP contribution in [0.2, 0.25) is 0 Å². The van der Waals surface area contributed by atoms with E-state index in [1.807, 2.05) is 68.5 Å². The van der Waals surface area contributed by atoms with Gasteiger partial charge in [-0.05, 0) is 30.5 Å². The number of benzene rings is 2. The first-order chi connectivity index (χ1) is 9.68. The van der Waals surface area contributed by atoms with Crippen molar-refractivity contribution in [2.75, 3.05) is 0 Å². The van der Waals surface area contributed by atoms with Crippen LogP contribution in [-0.4, -0.2) is 5.78 Å². The Morgan fingerprint density at radius 1 is 0.800 bits per heavy atom. The van der Waals surface area contributed by atoms with Gasteiger partial charge in [-0.15, -0.1) is 0 Å². The second-order valence-electron chi connectivity index (χ2n) is 5.24. The lowest BCUT2D eigenvalue weighted by Gasteiger charge is -2.21. The molecule has 0 aliphatic heterocycles. The third-order valence-electron chi connectivity index (χ3n) is 3.51. The molecule has 2 aromatic rings. The van der Waals surface area contributed by atoms with Gasteiger partial charge in [-0.2, -0.15) is 0 Å². The Morgan fingerprint density at radius 2 is 1.30 bits per heavy atom.